The van der Waals surface area contributed by atoms with Crippen LogP contribution in [0.1, 0.15) is 58.4 Å². The summed E-state index contributed by atoms with van der Waals surface area (Å²) in [6.07, 6.45) is 5.20. The monoisotopic (exact) mass is 478 g/mol. The van der Waals surface area contributed by atoms with E-state index >= 15 is 0 Å². The highest BCUT2D eigenvalue weighted by Gasteiger charge is 2.29. The smallest absolute Gasteiger partial charge is 0.407 e. The van der Waals surface area contributed by atoms with E-state index in [1.165, 1.54) is 12.1 Å². The van der Waals surface area contributed by atoms with Crippen LogP contribution in [-0.2, 0) is 14.3 Å². The average molecular weight is 479 g/mol. The van der Waals surface area contributed by atoms with E-state index in [0.717, 1.165) is 25.0 Å². The molecular weight excluding hydrogens is 443 g/mol. The van der Waals surface area contributed by atoms with Crippen molar-refractivity contribution in [1.82, 2.24) is 10.6 Å². The molecule has 1 aromatic rings. The maximum Gasteiger partial charge on any atom is 0.407 e. The lowest BCUT2D eigenvalue weighted by Crippen LogP contribution is -2.56. The lowest BCUT2D eigenvalue weighted by molar-refractivity contribution is -0.139. The fourth-order valence-electron chi connectivity index (χ4n) is 4.26. The molecule has 0 radical (unpaired) electrons. The Balaban J connectivity index is 1.56. The Morgan fingerprint density at radius 3 is 2.74 bits per heavy atom. The maximum atomic E-state index is 14.5. The molecule has 0 spiro atoms. The number of alkyl carbamates (subject to hydrolysis) is 1. The number of carboxylic acid groups (broad SMARTS) is 1. The van der Waals surface area contributed by atoms with Gasteiger partial charge in [-0.25, -0.2) is 14.0 Å². The first-order valence-corrected chi connectivity index (χ1v) is 11.8. The van der Waals surface area contributed by atoms with Gasteiger partial charge in [0, 0.05) is 6.04 Å². The maximum absolute atomic E-state index is 14.5. The molecule has 34 heavy (non-hydrogen) atoms. The van der Waals surface area contributed by atoms with Crippen LogP contribution in [0, 0.1) is 5.82 Å². The number of carbonyl (C=O) groups excluding carboxylic acids is 1. The van der Waals surface area contributed by atoms with Gasteiger partial charge in [0.1, 0.15) is 17.2 Å². The number of hydrogen-bond donors (Lipinski definition) is 3. The molecule has 1 aromatic carbocycles. The predicted octanol–water partition coefficient (Wildman–Crippen LogP) is 3.89. The molecular formula is C25H35FN2O6. The first-order valence-electron chi connectivity index (χ1n) is 11.8. The normalized spacial score (nSPS) is 23.1. The third-order valence-corrected chi connectivity index (χ3v) is 5.81. The van der Waals surface area contributed by atoms with Crippen molar-refractivity contribution in [3.05, 3.63) is 35.7 Å². The number of ether oxygens (including phenoxy) is 3. The Hall–Kier alpha value is -2.65. The molecule has 8 nitrogen and oxygen atoms in total. The van der Waals surface area contributed by atoms with Gasteiger partial charge in [-0.1, -0.05) is 12.1 Å². The van der Waals surface area contributed by atoms with Crippen LogP contribution in [0.25, 0.3) is 5.57 Å². The van der Waals surface area contributed by atoms with Crippen LogP contribution in [0.3, 0.4) is 0 Å². The molecule has 1 unspecified atom stereocenters. The SMILES string of the molecule is CC(C)(C)OC(=O)N[C@H]1CCCN[C@H]1COC1CC=C(c2c(F)cccc2OCC(=O)O)CC1. The van der Waals surface area contributed by atoms with E-state index in [2.05, 4.69) is 10.6 Å². The van der Waals surface area contributed by atoms with Gasteiger partial charge in [0.15, 0.2) is 6.61 Å². The van der Waals surface area contributed by atoms with Crippen molar-refractivity contribution in [3.63, 3.8) is 0 Å². The summed E-state index contributed by atoms with van der Waals surface area (Å²) in [7, 11) is 0. The van der Waals surface area contributed by atoms with Crippen molar-refractivity contribution in [1.29, 1.82) is 0 Å². The van der Waals surface area contributed by atoms with Gasteiger partial charge < -0.3 is 30.0 Å². The number of benzene rings is 1. The third-order valence-electron chi connectivity index (χ3n) is 5.81. The molecule has 1 amide bonds. The lowest BCUT2D eigenvalue weighted by atomic mass is 9.91. The van der Waals surface area contributed by atoms with Crippen molar-refractivity contribution < 1.29 is 33.3 Å². The fraction of sp³-hybridized carbons (Fsp3) is 0.600. The Labute approximate surface area is 199 Å². The van der Waals surface area contributed by atoms with Gasteiger partial charge in [0.25, 0.3) is 0 Å². The van der Waals surface area contributed by atoms with E-state index in [4.69, 9.17) is 19.3 Å². The Bertz CT molecular complexity index is 898. The zero-order valence-electron chi connectivity index (χ0n) is 20.1. The number of hydrogen-bond acceptors (Lipinski definition) is 6. The van der Waals surface area contributed by atoms with Crippen molar-refractivity contribution in [2.24, 2.45) is 0 Å². The van der Waals surface area contributed by atoms with Crippen LogP contribution in [0.5, 0.6) is 5.75 Å². The summed E-state index contributed by atoms with van der Waals surface area (Å²) in [6, 6.07) is 4.33. The summed E-state index contributed by atoms with van der Waals surface area (Å²) in [5.74, 6) is -1.32. The minimum atomic E-state index is -1.11. The van der Waals surface area contributed by atoms with Gasteiger partial charge in [0.05, 0.1) is 24.3 Å². The summed E-state index contributed by atoms with van der Waals surface area (Å²) in [5, 5.41) is 15.3. The summed E-state index contributed by atoms with van der Waals surface area (Å²) in [4.78, 5) is 23.1. The lowest BCUT2D eigenvalue weighted by Gasteiger charge is -2.35. The predicted molar refractivity (Wildman–Crippen MR) is 125 cm³/mol. The van der Waals surface area contributed by atoms with Gasteiger partial charge >= 0.3 is 12.1 Å². The quantitative estimate of drug-likeness (QED) is 0.521. The van der Waals surface area contributed by atoms with Crippen molar-refractivity contribution in [3.8, 4) is 5.75 Å². The zero-order valence-corrected chi connectivity index (χ0v) is 20.1. The highest BCUT2D eigenvalue weighted by Crippen LogP contribution is 2.35. The van der Waals surface area contributed by atoms with E-state index < -0.39 is 30.1 Å². The molecule has 9 heteroatoms. The first-order chi connectivity index (χ1) is 16.1. The fourth-order valence-corrected chi connectivity index (χ4v) is 4.26. The second kappa shape index (κ2) is 11.7. The van der Waals surface area contributed by atoms with Crippen LogP contribution in [-0.4, -0.2) is 60.7 Å². The van der Waals surface area contributed by atoms with E-state index in [9.17, 15) is 14.0 Å². The van der Waals surface area contributed by atoms with E-state index in [-0.39, 0.29) is 23.9 Å². The molecule has 2 aliphatic rings. The average Bonchev–Trinajstić information content (AvgIpc) is 2.76. The third kappa shape index (κ3) is 7.70. The van der Waals surface area contributed by atoms with Crippen LogP contribution >= 0.6 is 0 Å². The number of allylic oxidation sites excluding steroid dienone is 1. The minimum Gasteiger partial charge on any atom is -0.481 e. The summed E-state index contributed by atoms with van der Waals surface area (Å²) in [5.41, 5.74) is 0.553. The minimum absolute atomic E-state index is 0.0192. The molecule has 1 fully saturated rings. The van der Waals surface area contributed by atoms with Crippen LogP contribution < -0.4 is 15.4 Å². The van der Waals surface area contributed by atoms with Crippen molar-refractivity contribution in [2.75, 3.05) is 19.8 Å². The highest BCUT2D eigenvalue weighted by molar-refractivity contribution is 5.73. The molecule has 1 saturated heterocycles. The molecule has 3 rings (SSSR count). The van der Waals surface area contributed by atoms with Crippen molar-refractivity contribution >= 4 is 17.6 Å². The van der Waals surface area contributed by atoms with Gasteiger partial charge in [-0.15, -0.1) is 0 Å². The molecule has 188 valence electrons. The summed E-state index contributed by atoms with van der Waals surface area (Å²) < 4.78 is 31.4. The number of piperidine rings is 1. The van der Waals surface area contributed by atoms with Gasteiger partial charge in [-0.3, -0.25) is 0 Å². The molecule has 0 aromatic heterocycles. The standard InChI is InChI=1S/C25H35FN2O6/c1-25(2,3)34-24(31)28-19-7-5-13-27-20(19)14-32-17-11-9-16(10-12-17)23-18(26)6-4-8-21(23)33-15-22(29)30/h4,6,8-9,17,19-20,27H,5,7,10-15H2,1-3H3,(H,28,31)(H,29,30)/t17?,19-,20-/m0/s1. The number of carbonyl (C=O) groups is 2. The zero-order chi connectivity index (χ0) is 24.7. The summed E-state index contributed by atoms with van der Waals surface area (Å²) >= 11 is 0. The number of carboxylic acids is 1. The van der Waals surface area contributed by atoms with E-state index in [0.29, 0.717) is 31.4 Å². The van der Waals surface area contributed by atoms with E-state index in [1.807, 2.05) is 26.8 Å². The Morgan fingerprint density at radius 2 is 2.06 bits per heavy atom. The number of amides is 1. The number of halogens is 1. The van der Waals surface area contributed by atoms with Gasteiger partial charge in [-0.2, -0.15) is 0 Å². The largest absolute Gasteiger partial charge is 0.481 e. The Kier molecular flexibility index (Phi) is 8.90. The van der Waals surface area contributed by atoms with Crippen LogP contribution in [0.15, 0.2) is 24.3 Å². The molecule has 1 heterocycles. The molecule has 1 aliphatic heterocycles. The van der Waals surface area contributed by atoms with Crippen LogP contribution in [0.4, 0.5) is 9.18 Å². The highest BCUT2D eigenvalue weighted by atomic mass is 19.1. The Morgan fingerprint density at radius 1 is 1.26 bits per heavy atom. The van der Waals surface area contributed by atoms with Gasteiger partial charge in [0.2, 0.25) is 0 Å². The van der Waals surface area contributed by atoms with Gasteiger partial charge in [-0.05, 0) is 77.1 Å². The van der Waals surface area contributed by atoms with E-state index in [1.54, 1.807) is 6.07 Å². The number of rotatable bonds is 8. The molecule has 3 atom stereocenters. The first kappa shape index (κ1) is 26.0. The second-order valence-electron chi connectivity index (χ2n) is 9.71. The second-order valence-corrected chi connectivity index (χ2v) is 9.71. The number of nitrogens with one attached hydrogen (secondary N) is 2. The van der Waals surface area contributed by atoms with Crippen molar-refractivity contribution in [2.45, 2.75) is 76.7 Å². The number of aliphatic carboxylic acids is 1. The van der Waals surface area contributed by atoms with Crippen LogP contribution in [0.2, 0.25) is 0 Å². The summed E-state index contributed by atoms with van der Waals surface area (Å²) in [6.45, 7) is 6.28. The molecule has 0 bridgehead atoms. The molecule has 0 saturated carbocycles. The molecule has 1 aliphatic carbocycles. The topological polar surface area (TPSA) is 106 Å². The molecule has 3 N–H and O–H groups in total.